The fourth-order valence-electron chi connectivity index (χ4n) is 4.90. The molecule has 3 heterocycles. The highest BCUT2D eigenvalue weighted by molar-refractivity contribution is 5.98. The summed E-state index contributed by atoms with van der Waals surface area (Å²) in [7, 11) is 2.05. The third-order valence-electron chi connectivity index (χ3n) is 7.26. The van der Waals surface area contributed by atoms with Gasteiger partial charge < -0.3 is 19.5 Å². The van der Waals surface area contributed by atoms with Crippen LogP contribution in [0.3, 0.4) is 0 Å². The number of fused-ring (bicyclic) bond motifs is 1. The van der Waals surface area contributed by atoms with Crippen LogP contribution in [-0.4, -0.2) is 74.7 Å². The van der Waals surface area contributed by atoms with Gasteiger partial charge in [-0.05, 0) is 49.9 Å². The number of hydrogen-bond acceptors (Lipinski definition) is 8. The number of aromatic nitrogens is 3. The lowest BCUT2D eigenvalue weighted by Gasteiger charge is -2.37. The Balaban J connectivity index is 1.33. The summed E-state index contributed by atoms with van der Waals surface area (Å²) in [5.74, 6) is 1.65. The zero-order chi connectivity index (χ0) is 28.8. The SMILES string of the molecule is C[C@@H]1CN([C@@H](C)CO)C(=O)c2cc(-c3cncnc3)cnc2O[C@H]1CN(C)Cc1ccc(Oc2ccccc2)cc1. The minimum Gasteiger partial charge on any atom is -0.472 e. The van der Waals surface area contributed by atoms with Gasteiger partial charge in [0.05, 0.1) is 12.6 Å². The quantitative estimate of drug-likeness (QED) is 0.319. The standard InChI is InChI=1S/C32H35N5O4/c1-22-17-37(23(2)20-38)32(39)29-13-25(26-14-33-21-34-15-26)16-35-31(29)41-30(22)19-36(3)18-24-9-11-28(12-10-24)40-27-7-5-4-6-8-27/h4-16,21-23,30,38H,17-20H2,1-3H3/t22-,23+,30+/m1/s1. The molecule has 0 fully saturated rings. The number of carbonyl (C=O) groups is 1. The Morgan fingerprint density at radius 3 is 2.46 bits per heavy atom. The molecule has 212 valence electrons. The lowest BCUT2D eigenvalue weighted by molar-refractivity contribution is 0.0325. The molecule has 3 atom stereocenters. The van der Waals surface area contributed by atoms with Crippen molar-refractivity contribution in [1.82, 2.24) is 24.8 Å². The highest BCUT2D eigenvalue weighted by atomic mass is 16.5. The van der Waals surface area contributed by atoms with Crippen LogP contribution in [0.4, 0.5) is 0 Å². The number of ether oxygens (including phenoxy) is 2. The first-order chi connectivity index (χ1) is 19.9. The summed E-state index contributed by atoms with van der Waals surface area (Å²) in [4.78, 5) is 30.3. The van der Waals surface area contributed by atoms with E-state index < -0.39 is 0 Å². The molecule has 0 bridgehead atoms. The normalized spacial score (nSPS) is 17.8. The van der Waals surface area contributed by atoms with Gasteiger partial charge in [0.2, 0.25) is 5.88 Å². The van der Waals surface area contributed by atoms with Crippen LogP contribution in [-0.2, 0) is 6.54 Å². The van der Waals surface area contributed by atoms with Gasteiger partial charge in [0, 0.05) is 55.3 Å². The molecule has 1 aliphatic heterocycles. The number of para-hydroxylation sites is 1. The molecule has 9 heteroatoms. The van der Waals surface area contributed by atoms with E-state index in [1.54, 1.807) is 29.6 Å². The summed E-state index contributed by atoms with van der Waals surface area (Å²) in [5, 5.41) is 9.94. The van der Waals surface area contributed by atoms with Crippen LogP contribution < -0.4 is 9.47 Å². The van der Waals surface area contributed by atoms with Gasteiger partial charge in [0.15, 0.2) is 0 Å². The number of rotatable bonds is 9. The summed E-state index contributed by atoms with van der Waals surface area (Å²) < 4.78 is 12.4. The second-order valence-electron chi connectivity index (χ2n) is 10.6. The first kappa shape index (κ1) is 28.2. The van der Waals surface area contributed by atoms with Crippen LogP contribution in [0.25, 0.3) is 11.1 Å². The van der Waals surface area contributed by atoms with Gasteiger partial charge in [-0.3, -0.25) is 9.69 Å². The van der Waals surface area contributed by atoms with E-state index in [1.165, 1.54) is 6.33 Å². The van der Waals surface area contributed by atoms with Gasteiger partial charge in [0.1, 0.15) is 29.5 Å². The zero-order valence-corrected chi connectivity index (χ0v) is 23.6. The van der Waals surface area contributed by atoms with E-state index in [-0.39, 0.29) is 36.5 Å². The molecule has 0 aliphatic carbocycles. The maximum atomic E-state index is 13.7. The van der Waals surface area contributed by atoms with Crippen molar-refractivity contribution in [2.45, 2.75) is 32.5 Å². The van der Waals surface area contributed by atoms with E-state index in [4.69, 9.17) is 9.47 Å². The van der Waals surface area contributed by atoms with Gasteiger partial charge in [-0.25, -0.2) is 15.0 Å². The molecule has 0 unspecified atom stereocenters. The number of aliphatic hydroxyl groups is 1. The molecule has 0 saturated heterocycles. The molecule has 2 aromatic carbocycles. The maximum absolute atomic E-state index is 13.7. The van der Waals surface area contributed by atoms with Crippen LogP contribution >= 0.6 is 0 Å². The van der Waals surface area contributed by atoms with Crippen molar-refractivity contribution in [3.8, 4) is 28.5 Å². The Hall–Kier alpha value is -4.34. The predicted octanol–water partition coefficient (Wildman–Crippen LogP) is 4.68. The second-order valence-corrected chi connectivity index (χ2v) is 10.6. The third-order valence-corrected chi connectivity index (χ3v) is 7.26. The minimum absolute atomic E-state index is 0.00537. The van der Waals surface area contributed by atoms with Crippen molar-refractivity contribution < 1.29 is 19.4 Å². The molecule has 0 spiro atoms. The highest BCUT2D eigenvalue weighted by Crippen LogP contribution is 2.30. The minimum atomic E-state index is -0.352. The Morgan fingerprint density at radius 1 is 1.05 bits per heavy atom. The van der Waals surface area contributed by atoms with Crippen molar-refractivity contribution in [3.05, 3.63) is 96.7 Å². The first-order valence-corrected chi connectivity index (χ1v) is 13.8. The molecular weight excluding hydrogens is 518 g/mol. The number of benzene rings is 2. The lowest BCUT2D eigenvalue weighted by atomic mass is 9.99. The van der Waals surface area contributed by atoms with Gasteiger partial charge in [0.25, 0.3) is 5.91 Å². The molecule has 0 saturated carbocycles. The van der Waals surface area contributed by atoms with Crippen LogP contribution in [0.5, 0.6) is 17.4 Å². The zero-order valence-electron chi connectivity index (χ0n) is 23.6. The first-order valence-electron chi connectivity index (χ1n) is 13.8. The number of pyridine rings is 1. The number of carbonyl (C=O) groups excluding carboxylic acids is 1. The van der Waals surface area contributed by atoms with Crippen molar-refractivity contribution in [2.24, 2.45) is 5.92 Å². The van der Waals surface area contributed by atoms with Gasteiger partial charge >= 0.3 is 0 Å². The molecule has 1 aliphatic rings. The molecule has 9 nitrogen and oxygen atoms in total. The topological polar surface area (TPSA) is 101 Å². The number of likely N-dealkylation sites (N-methyl/N-ethyl adjacent to an activating group) is 1. The van der Waals surface area contributed by atoms with E-state index in [0.29, 0.717) is 25.2 Å². The molecule has 0 radical (unpaired) electrons. The molecule has 2 aromatic heterocycles. The second kappa shape index (κ2) is 12.9. The van der Waals surface area contributed by atoms with E-state index >= 15 is 0 Å². The van der Waals surface area contributed by atoms with E-state index in [0.717, 1.165) is 28.2 Å². The fourth-order valence-corrected chi connectivity index (χ4v) is 4.90. The molecule has 5 rings (SSSR count). The average Bonchev–Trinajstić information content (AvgIpc) is 3.00. The summed E-state index contributed by atoms with van der Waals surface area (Å²) in [6.07, 6.45) is 6.26. The summed E-state index contributed by atoms with van der Waals surface area (Å²) in [5.41, 5.74) is 2.98. The van der Waals surface area contributed by atoms with Crippen LogP contribution in [0.2, 0.25) is 0 Å². The largest absolute Gasteiger partial charge is 0.472 e. The third kappa shape index (κ3) is 6.87. The Morgan fingerprint density at radius 2 is 1.76 bits per heavy atom. The van der Waals surface area contributed by atoms with E-state index in [2.05, 4.69) is 46.0 Å². The fraction of sp³-hybridized carbons (Fsp3) is 0.312. The molecular formula is C32H35N5O4. The lowest BCUT2D eigenvalue weighted by Crippen LogP contribution is -2.49. The number of amides is 1. The smallest absolute Gasteiger partial charge is 0.259 e. The summed E-state index contributed by atoms with van der Waals surface area (Å²) in [6, 6.07) is 19.2. The van der Waals surface area contributed by atoms with Crippen molar-refractivity contribution in [1.29, 1.82) is 0 Å². The Bertz CT molecular complexity index is 1440. The van der Waals surface area contributed by atoms with E-state index in [1.807, 2.05) is 49.4 Å². The molecule has 41 heavy (non-hydrogen) atoms. The van der Waals surface area contributed by atoms with Crippen LogP contribution in [0.15, 0.2) is 85.6 Å². The number of nitrogens with zero attached hydrogens (tertiary/aromatic N) is 5. The summed E-state index contributed by atoms with van der Waals surface area (Å²) in [6.45, 7) is 5.56. The number of hydrogen-bond donors (Lipinski definition) is 1. The van der Waals surface area contributed by atoms with Gasteiger partial charge in [-0.2, -0.15) is 0 Å². The van der Waals surface area contributed by atoms with Crippen molar-refractivity contribution in [3.63, 3.8) is 0 Å². The molecule has 4 aromatic rings. The Kier molecular flexibility index (Phi) is 8.86. The monoisotopic (exact) mass is 553 g/mol. The van der Waals surface area contributed by atoms with Crippen molar-refractivity contribution >= 4 is 5.91 Å². The molecule has 1 N–H and O–H groups in total. The van der Waals surface area contributed by atoms with Crippen LogP contribution in [0.1, 0.15) is 29.8 Å². The highest BCUT2D eigenvalue weighted by Gasteiger charge is 2.34. The number of aliphatic hydroxyl groups excluding tert-OH is 1. The van der Waals surface area contributed by atoms with Crippen LogP contribution in [0, 0.1) is 5.92 Å². The molecule has 1 amide bonds. The van der Waals surface area contributed by atoms with Crippen molar-refractivity contribution in [2.75, 3.05) is 26.7 Å². The van der Waals surface area contributed by atoms with E-state index in [9.17, 15) is 9.90 Å². The average molecular weight is 554 g/mol. The van der Waals surface area contributed by atoms with Gasteiger partial charge in [-0.15, -0.1) is 0 Å². The summed E-state index contributed by atoms with van der Waals surface area (Å²) >= 11 is 0. The predicted molar refractivity (Wildman–Crippen MR) is 156 cm³/mol. The maximum Gasteiger partial charge on any atom is 0.259 e. The van der Waals surface area contributed by atoms with Gasteiger partial charge in [-0.1, -0.05) is 37.3 Å². The Labute approximate surface area is 240 Å².